The van der Waals surface area contributed by atoms with Crippen molar-refractivity contribution in [3.8, 4) is 0 Å². The van der Waals surface area contributed by atoms with Gasteiger partial charge < -0.3 is 14.8 Å². The smallest absolute Gasteiger partial charge is 0.268 e. The first-order chi connectivity index (χ1) is 10.6. The minimum Gasteiger partial charge on any atom is -0.360 e. The Morgan fingerprint density at radius 2 is 1.91 bits per heavy atom. The molecule has 114 valence electrons. The molecule has 3 aromatic rings. The van der Waals surface area contributed by atoms with E-state index < -0.39 is 0 Å². The van der Waals surface area contributed by atoms with E-state index in [1.165, 1.54) is 11.3 Å². The number of hydrogen-bond donors (Lipinski definition) is 1. The number of anilines is 2. The summed E-state index contributed by atoms with van der Waals surface area (Å²) in [5.41, 5.74) is 0.625. The van der Waals surface area contributed by atoms with E-state index >= 15 is 0 Å². The third-order valence-corrected chi connectivity index (χ3v) is 4.10. The molecule has 0 aliphatic carbocycles. The van der Waals surface area contributed by atoms with E-state index in [0.717, 1.165) is 17.2 Å². The fourth-order valence-corrected chi connectivity index (χ4v) is 2.93. The van der Waals surface area contributed by atoms with E-state index in [1.807, 2.05) is 42.4 Å². The lowest BCUT2D eigenvalue weighted by Gasteiger charge is -2.22. The van der Waals surface area contributed by atoms with Crippen LogP contribution in [0.1, 0.15) is 5.82 Å². The predicted molar refractivity (Wildman–Crippen MR) is 88.7 cm³/mol. The zero-order chi connectivity index (χ0) is 15.7. The molecule has 3 rings (SSSR count). The molecule has 0 fully saturated rings. The highest BCUT2D eigenvalue weighted by Crippen LogP contribution is 2.22. The lowest BCUT2D eigenvalue weighted by molar-refractivity contribution is 0.819. The summed E-state index contributed by atoms with van der Waals surface area (Å²) in [7, 11) is 5.73. The van der Waals surface area contributed by atoms with Crippen molar-refractivity contribution in [1.82, 2.24) is 19.9 Å². The molecule has 0 saturated carbocycles. The normalized spacial score (nSPS) is 10.9. The van der Waals surface area contributed by atoms with Crippen molar-refractivity contribution in [2.75, 3.05) is 30.9 Å². The third kappa shape index (κ3) is 2.64. The summed E-state index contributed by atoms with van der Waals surface area (Å²) in [6.45, 7) is 0.445. The lowest BCUT2D eigenvalue weighted by atomic mass is 10.4. The Hall–Kier alpha value is -2.48. The monoisotopic (exact) mass is 316 g/mol. The van der Waals surface area contributed by atoms with Crippen LogP contribution in [0.2, 0.25) is 0 Å². The highest BCUT2D eigenvalue weighted by atomic mass is 32.1. The second kappa shape index (κ2) is 5.72. The fraction of sp³-hybridized carbons (Fsp3) is 0.286. The molecule has 0 amide bonds. The van der Waals surface area contributed by atoms with Crippen molar-refractivity contribution in [1.29, 1.82) is 0 Å². The zero-order valence-corrected chi connectivity index (χ0v) is 13.4. The van der Waals surface area contributed by atoms with Gasteiger partial charge in [0.2, 0.25) is 0 Å². The van der Waals surface area contributed by atoms with Gasteiger partial charge in [-0.25, -0.2) is 15.0 Å². The summed E-state index contributed by atoms with van der Waals surface area (Å²) in [6, 6.07) is 1.85. The Morgan fingerprint density at radius 3 is 2.64 bits per heavy atom. The van der Waals surface area contributed by atoms with Crippen LogP contribution in [0, 0.1) is 0 Å². The van der Waals surface area contributed by atoms with Crippen molar-refractivity contribution < 1.29 is 0 Å². The first kappa shape index (κ1) is 14.5. The van der Waals surface area contributed by atoms with Crippen molar-refractivity contribution in [2.24, 2.45) is 0 Å². The van der Waals surface area contributed by atoms with Crippen LogP contribution in [0.4, 0.5) is 11.6 Å². The van der Waals surface area contributed by atoms with Gasteiger partial charge in [0.25, 0.3) is 5.56 Å². The minimum absolute atomic E-state index is 0.102. The number of hydrogen-bond acceptors (Lipinski definition) is 7. The van der Waals surface area contributed by atoms with E-state index in [1.54, 1.807) is 12.4 Å². The van der Waals surface area contributed by atoms with Crippen LogP contribution >= 0.6 is 11.3 Å². The Bertz CT molecular complexity index is 856. The highest BCUT2D eigenvalue weighted by molar-refractivity contribution is 7.17. The standard InChI is InChI=1S/C14H16N6OS/c1-19(2)12-13(16-6-5-15-12)20(3)8-10-17-9-4-7-22-11(9)14(21)18-10/h4-7H,8H2,1-3H3,(H,17,18,21). The molecule has 3 aromatic heterocycles. The molecule has 0 aromatic carbocycles. The predicted octanol–water partition coefficient (Wildman–Crippen LogP) is 1.48. The van der Waals surface area contributed by atoms with Gasteiger partial charge in [0.15, 0.2) is 11.6 Å². The minimum atomic E-state index is -0.102. The van der Waals surface area contributed by atoms with Gasteiger partial charge >= 0.3 is 0 Å². The van der Waals surface area contributed by atoms with Gasteiger partial charge in [0, 0.05) is 33.5 Å². The number of rotatable bonds is 4. The molecule has 0 atom stereocenters. The van der Waals surface area contributed by atoms with Gasteiger partial charge in [-0.2, -0.15) is 0 Å². The van der Waals surface area contributed by atoms with Crippen LogP contribution < -0.4 is 15.4 Å². The maximum atomic E-state index is 12.0. The lowest BCUT2D eigenvalue weighted by Crippen LogP contribution is -2.25. The largest absolute Gasteiger partial charge is 0.360 e. The van der Waals surface area contributed by atoms with Crippen LogP contribution in [-0.4, -0.2) is 41.1 Å². The van der Waals surface area contributed by atoms with Crippen LogP contribution in [0.25, 0.3) is 10.2 Å². The maximum absolute atomic E-state index is 12.0. The van der Waals surface area contributed by atoms with E-state index in [9.17, 15) is 4.79 Å². The fourth-order valence-electron chi connectivity index (χ4n) is 2.20. The number of nitrogens with one attached hydrogen (secondary N) is 1. The van der Waals surface area contributed by atoms with Crippen molar-refractivity contribution in [3.63, 3.8) is 0 Å². The number of fused-ring (bicyclic) bond motifs is 1. The second-order valence-electron chi connectivity index (χ2n) is 5.10. The molecule has 0 unspecified atom stereocenters. The van der Waals surface area contributed by atoms with Gasteiger partial charge in [-0.15, -0.1) is 11.3 Å². The molecule has 0 aliphatic rings. The van der Waals surface area contributed by atoms with E-state index in [0.29, 0.717) is 17.1 Å². The van der Waals surface area contributed by atoms with Crippen molar-refractivity contribution in [2.45, 2.75) is 6.54 Å². The van der Waals surface area contributed by atoms with Gasteiger partial charge in [-0.1, -0.05) is 0 Å². The summed E-state index contributed by atoms with van der Waals surface area (Å²) in [5.74, 6) is 2.11. The number of nitrogens with zero attached hydrogens (tertiary/aromatic N) is 5. The van der Waals surface area contributed by atoms with E-state index in [4.69, 9.17) is 0 Å². The first-order valence-electron chi connectivity index (χ1n) is 6.72. The molecule has 22 heavy (non-hydrogen) atoms. The zero-order valence-electron chi connectivity index (χ0n) is 12.6. The number of aromatic amines is 1. The molecular formula is C14H16N6OS. The highest BCUT2D eigenvalue weighted by Gasteiger charge is 2.14. The van der Waals surface area contributed by atoms with Gasteiger partial charge in [-0.3, -0.25) is 4.79 Å². The SMILES string of the molecule is CN(C)c1nccnc1N(C)Cc1nc2ccsc2c(=O)[nH]1. The van der Waals surface area contributed by atoms with Gasteiger partial charge in [0.1, 0.15) is 10.5 Å². The molecule has 0 saturated heterocycles. The van der Waals surface area contributed by atoms with Crippen molar-refractivity contribution in [3.05, 3.63) is 40.0 Å². The summed E-state index contributed by atoms with van der Waals surface area (Å²) in [6.07, 6.45) is 3.31. The third-order valence-electron chi connectivity index (χ3n) is 3.20. The Morgan fingerprint density at radius 1 is 1.18 bits per heavy atom. The summed E-state index contributed by atoms with van der Waals surface area (Å²) >= 11 is 1.40. The molecule has 8 heteroatoms. The topological polar surface area (TPSA) is 78.0 Å². The van der Waals surface area contributed by atoms with E-state index in [-0.39, 0.29) is 5.56 Å². The Balaban J connectivity index is 1.93. The summed E-state index contributed by atoms with van der Waals surface area (Å²) in [5, 5.41) is 1.87. The Kier molecular flexibility index (Phi) is 3.76. The maximum Gasteiger partial charge on any atom is 0.268 e. The summed E-state index contributed by atoms with van der Waals surface area (Å²) < 4.78 is 0.653. The number of aromatic nitrogens is 4. The van der Waals surface area contributed by atoms with E-state index in [2.05, 4.69) is 19.9 Å². The number of H-pyrrole nitrogens is 1. The molecule has 7 nitrogen and oxygen atoms in total. The van der Waals surface area contributed by atoms with Gasteiger partial charge in [-0.05, 0) is 11.4 Å². The van der Waals surface area contributed by atoms with Crippen LogP contribution in [0.15, 0.2) is 28.6 Å². The van der Waals surface area contributed by atoms with Crippen LogP contribution in [0.3, 0.4) is 0 Å². The van der Waals surface area contributed by atoms with Crippen molar-refractivity contribution >= 4 is 33.2 Å². The average Bonchev–Trinajstić information content (AvgIpc) is 2.96. The molecular weight excluding hydrogens is 300 g/mol. The average molecular weight is 316 g/mol. The van der Waals surface area contributed by atoms with Gasteiger partial charge in [0.05, 0.1) is 12.1 Å². The molecule has 0 radical (unpaired) electrons. The molecule has 0 aliphatic heterocycles. The van der Waals surface area contributed by atoms with Crippen LogP contribution in [0.5, 0.6) is 0 Å². The Labute approximate surface area is 131 Å². The number of thiophene rings is 1. The molecule has 0 spiro atoms. The molecule has 1 N–H and O–H groups in total. The molecule has 3 heterocycles. The first-order valence-corrected chi connectivity index (χ1v) is 7.60. The van der Waals surface area contributed by atoms with Crippen LogP contribution in [-0.2, 0) is 6.54 Å². The summed E-state index contributed by atoms with van der Waals surface area (Å²) in [4.78, 5) is 31.8. The molecule has 0 bridgehead atoms. The second-order valence-corrected chi connectivity index (χ2v) is 6.02. The quantitative estimate of drug-likeness (QED) is 0.785.